The largest absolute Gasteiger partial charge is 0.462 e. The molecule has 0 bridgehead atoms. The Kier molecular flexibility index (Phi) is 12.7. The minimum absolute atomic E-state index is 0.0411. The zero-order valence-electron chi connectivity index (χ0n) is 31.7. The first-order chi connectivity index (χ1) is 20.6. The van der Waals surface area contributed by atoms with Crippen molar-refractivity contribution in [3.05, 3.63) is 23.8 Å². The fourth-order valence-corrected chi connectivity index (χ4v) is 9.64. The molecule has 1 saturated heterocycles. The second kappa shape index (κ2) is 14.8. The summed E-state index contributed by atoms with van der Waals surface area (Å²) in [5.74, 6) is 1.08. The van der Waals surface area contributed by atoms with Gasteiger partial charge in [-0.15, -0.1) is 0 Å². The van der Waals surface area contributed by atoms with Crippen LogP contribution in [-0.2, 0) is 23.1 Å². The number of rotatable bonds is 13. The van der Waals surface area contributed by atoms with Crippen LogP contribution in [0, 0.1) is 23.2 Å². The zero-order valence-corrected chi connectivity index (χ0v) is 33.7. The molecule has 0 saturated carbocycles. The van der Waals surface area contributed by atoms with Gasteiger partial charge in [0.25, 0.3) is 0 Å². The highest BCUT2D eigenvalue weighted by Crippen LogP contribution is 2.47. The van der Waals surface area contributed by atoms with E-state index in [0.29, 0.717) is 24.2 Å². The Balaban J connectivity index is 1.83. The van der Waals surface area contributed by atoms with Gasteiger partial charge in [0.05, 0.1) is 31.3 Å². The Morgan fingerprint density at radius 1 is 0.911 bits per heavy atom. The number of esters is 1. The third-order valence-electron chi connectivity index (χ3n) is 12.3. The van der Waals surface area contributed by atoms with Crippen LogP contribution in [0.15, 0.2) is 23.8 Å². The number of fused-ring (bicyclic) bond motifs is 1. The average Bonchev–Trinajstić information content (AvgIpc) is 2.89. The van der Waals surface area contributed by atoms with E-state index in [2.05, 4.69) is 114 Å². The van der Waals surface area contributed by atoms with Gasteiger partial charge in [0.15, 0.2) is 16.6 Å². The summed E-state index contributed by atoms with van der Waals surface area (Å²) in [7, 11) is -3.92. The molecule has 0 amide bonds. The normalized spacial score (nSPS) is 31.2. The molecule has 0 unspecified atom stereocenters. The van der Waals surface area contributed by atoms with Gasteiger partial charge in [0.2, 0.25) is 0 Å². The highest BCUT2D eigenvalue weighted by Gasteiger charge is 2.46. The minimum Gasteiger partial charge on any atom is -0.462 e. The number of ether oxygens (including phenoxy) is 2. The van der Waals surface area contributed by atoms with Crippen molar-refractivity contribution in [2.75, 3.05) is 6.61 Å². The zero-order chi connectivity index (χ0) is 34.0. The van der Waals surface area contributed by atoms with Crippen molar-refractivity contribution in [3.8, 4) is 0 Å². The van der Waals surface area contributed by atoms with E-state index in [0.717, 1.165) is 38.7 Å². The van der Waals surface area contributed by atoms with E-state index in [1.807, 2.05) is 0 Å². The molecule has 7 heteroatoms. The van der Waals surface area contributed by atoms with E-state index < -0.39 is 16.6 Å². The maximum atomic E-state index is 12.8. The summed E-state index contributed by atoms with van der Waals surface area (Å²) < 4.78 is 26.7. The van der Waals surface area contributed by atoms with Crippen molar-refractivity contribution in [1.29, 1.82) is 0 Å². The third kappa shape index (κ3) is 9.90. The predicted molar refractivity (Wildman–Crippen MR) is 194 cm³/mol. The minimum atomic E-state index is -1.97. The molecule has 260 valence electrons. The van der Waals surface area contributed by atoms with Crippen LogP contribution in [0.2, 0.25) is 36.3 Å². The number of hydrogen-bond donors (Lipinski definition) is 0. The summed E-state index contributed by atoms with van der Waals surface area (Å²) >= 11 is 0. The molecule has 0 radical (unpaired) electrons. The van der Waals surface area contributed by atoms with Gasteiger partial charge in [-0.05, 0) is 84.8 Å². The Labute approximate surface area is 279 Å². The van der Waals surface area contributed by atoms with E-state index in [1.165, 1.54) is 18.4 Å². The fraction of sp³-hybridized carbons (Fsp3) is 0.868. The second-order valence-electron chi connectivity index (χ2n) is 18.1. The molecule has 45 heavy (non-hydrogen) atoms. The van der Waals surface area contributed by atoms with Crippen LogP contribution in [0.25, 0.3) is 0 Å². The van der Waals surface area contributed by atoms with Crippen LogP contribution in [0.4, 0.5) is 0 Å². The Hall–Kier alpha value is -0.736. The van der Waals surface area contributed by atoms with Gasteiger partial charge in [-0.25, -0.2) is 0 Å². The van der Waals surface area contributed by atoms with Gasteiger partial charge in [-0.2, -0.15) is 0 Å². The van der Waals surface area contributed by atoms with Crippen molar-refractivity contribution in [2.45, 2.75) is 181 Å². The first-order valence-electron chi connectivity index (χ1n) is 18.2. The molecular formula is C38H70O5Si2. The molecule has 8 atom stereocenters. The van der Waals surface area contributed by atoms with Gasteiger partial charge in [-0.1, -0.05) is 93.9 Å². The molecule has 3 rings (SSSR count). The van der Waals surface area contributed by atoms with Crippen molar-refractivity contribution in [2.24, 2.45) is 23.2 Å². The number of carbonyl (C=O) groups is 1. The molecular weight excluding hydrogens is 593 g/mol. The topological polar surface area (TPSA) is 54.0 Å². The summed E-state index contributed by atoms with van der Waals surface area (Å²) in [5.41, 5.74) is 1.57. The maximum absolute atomic E-state index is 12.8. The smallest absolute Gasteiger partial charge is 0.308 e. The van der Waals surface area contributed by atoms with E-state index in [9.17, 15) is 4.79 Å². The molecule has 2 aliphatic carbocycles. The highest BCUT2D eigenvalue weighted by molar-refractivity contribution is 6.74. The second-order valence-corrected chi connectivity index (χ2v) is 27.6. The predicted octanol–water partition coefficient (Wildman–Crippen LogP) is 10.6. The van der Waals surface area contributed by atoms with Gasteiger partial charge >= 0.3 is 5.97 Å². The monoisotopic (exact) mass is 662 g/mol. The highest BCUT2D eigenvalue weighted by atomic mass is 28.4. The number of hydrogen-bond acceptors (Lipinski definition) is 5. The lowest BCUT2D eigenvalue weighted by Crippen LogP contribution is -2.48. The standard InChI is InChI=1S/C38H70O5Si2/c1-15-21-38(10,16-2)26-40-33-24-30(42-44(11,12)36(4,5)6)22-28-18-17-27(3)32(35(28)33)20-19-29-23-31(25-34(39)41-29)43-45(13,14)37(7,8)9/h17-18,22,27,29-33,35H,15-16,19-21,23-26H2,1-14H3/t27-,29-,30-,31-,32+,33+,35+,38+/m1/s1. The summed E-state index contributed by atoms with van der Waals surface area (Å²) in [6, 6.07) is 0. The summed E-state index contributed by atoms with van der Waals surface area (Å²) in [6.07, 6.45) is 14.7. The quantitative estimate of drug-likeness (QED) is 0.145. The van der Waals surface area contributed by atoms with Gasteiger partial charge < -0.3 is 18.3 Å². The van der Waals surface area contributed by atoms with Crippen LogP contribution in [0.5, 0.6) is 0 Å². The fourth-order valence-electron chi connectivity index (χ4n) is 7.00. The van der Waals surface area contributed by atoms with Crippen LogP contribution in [0.1, 0.15) is 121 Å². The molecule has 1 heterocycles. The van der Waals surface area contributed by atoms with Crippen molar-refractivity contribution >= 4 is 22.6 Å². The van der Waals surface area contributed by atoms with Gasteiger partial charge in [0.1, 0.15) is 6.10 Å². The van der Waals surface area contributed by atoms with E-state index in [-0.39, 0.29) is 45.9 Å². The summed E-state index contributed by atoms with van der Waals surface area (Å²) in [5, 5.41) is 0.271. The maximum Gasteiger partial charge on any atom is 0.308 e. The molecule has 0 N–H and O–H groups in total. The lowest BCUT2D eigenvalue weighted by molar-refractivity contribution is -0.160. The van der Waals surface area contributed by atoms with Gasteiger partial charge in [-0.3, -0.25) is 4.79 Å². The molecule has 0 aromatic heterocycles. The van der Waals surface area contributed by atoms with Gasteiger partial charge in [0, 0.05) is 18.8 Å². The van der Waals surface area contributed by atoms with E-state index in [4.69, 9.17) is 18.3 Å². The molecule has 1 aliphatic heterocycles. The molecule has 5 nitrogen and oxygen atoms in total. The lowest BCUT2D eigenvalue weighted by Gasteiger charge is -2.47. The molecule has 0 aromatic carbocycles. The van der Waals surface area contributed by atoms with Crippen molar-refractivity contribution in [1.82, 2.24) is 0 Å². The Morgan fingerprint density at radius 3 is 2.11 bits per heavy atom. The Morgan fingerprint density at radius 2 is 1.53 bits per heavy atom. The van der Waals surface area contributed by atoms with Crippen molar-refractivity contribution < 1.29 is 23.1 Å². The first-order valence-corrected chi connectivity index (χ1v) is 24.0. The Bertz CT molecular complexity index is 1050. The number of cyclic esters (lactones) is 1. The van der Waals surface area contributed by atoms with Crippen molar-refractivity contribution in [3.63, 3.8) is 0 Å². The van der Waals surface area contributed by atoms with Crippen LogP contribution in [-0.4, -0.2) is 53.6 Å². The first kappa shape index (κ1) is 38.7. The van der Waals surface area contributed by atoms with Crippen LogP contribution < -0.4 is 0 Å². The molecule has 0 aromatic rings. The van der Waals surface area contributed by atoms with Crippen LogP contribution >= 0.6 is 0 Å². The van der Waals surface area contributed by atoms with Crippen LogP contribution in [0.3, 0.4) is 0 Å². The summed E-state index contributed by atoms with van der Waals surface area (Å²) in [6.45, 7) is 33.1. The molecule has 3 aliphatic rings. The average molecular weight is 663 g/mol. The SMILES string of the molecule is CCC[C@](C)(CC)CO[C@H]1C[C@H](O[Si](C)(C)C(C)(C)C)C=C2C=C[C@@H](C)[C@H](CC[C@@H]3C[C@@H](O[Si](C)(C)C(C)(C)C)CC(=O)O3)[C@H]21. The molecule has 1 fully saturated rings. The van der Waals surface area contributed by atoms with E-state index in [1.54, 1.807) is 0 Å². The summed E-state index contributed by atoms with van der Waals surface area (Å²) in [4.78, 5) is 12.8. The number of allylic oxidation sites excluding steroid dienone is 2. The third-order valence-corrected chi connectivity index (χ3v) is 21.3. The van der Waals surface area contributed by atoms with E-state index >= 15 is 0 Å². The molecule has 0 spiro atoms. The lowest BCUT2D eigenvalue weighted by atomic mass is 9.66. The number of carbonyl (C=O) groups excluding carboxylic acids is 1.